The van der Waals surface area contributed by atoms with Crippen molar-refractivity contribution in [2.45, 2.75) is 88.7 Å². The molecule has 1 aromatic rings. The van der Waals surface area contributed by atoms with Crippen LogP contribution in [0.1, 0.15) is 88.6 Å². The molecular weight excluding hydrogens is 396 g/mol. The van der Waals surface area contributed by atoms with E-state index in [1.807, 2.05) is 30.3 Å². The molecule has 0 radical (unpaired) electrons. The first-order valence-corrected chi connectivity index (χ1v) is 11.6. The van der Waals surface area contributed by atoms with Crippen molar-refractivity contribution in [3.63, 3.8) is 0 Å². The van der Waals surface area contributed by atoms with Crippen LogP contribution in [-0.4, -0.2) is 21.8 Å². The average molecular weight is 441 g/mol. The van der Waals surface area contributed by atoms with Gasteiger partial charge < -0.3 is 10.2 Å². The van der Waals surface area contributed by atoms with E-state index in [0.717, 1.165) is 16.7 Å². The summed E-state index contributed by atoms with van der Waals surface area (Å²) in [5.41, 5.74) is -1.59. The average Bonchev–Trinajstić information content (AvgIpc) is 2.57. The number of hydrogen-bond acceptors (Lipinski definition) is 2. The molecule has 1 aliphatic rings. The molecule has 0 saturated carbocycles. The van der Waals surface area contributed by atoms with Gasteiger partial charge in [0.25, 0.3) is 0 Å². The predicted molar refractivity (Wildman–Crippen MR) is 134 cm³/mol. The minimum Gasteiger partial charge on any atom is -0.478 e. The van der Waals surface area contributed by atoms with E-state index in [-0.39, 0.29) is 5.57 Å². The zero-order chi connectivity index (χ0) is 25.1. The number of carbonyl (C=O) groups is 1. The maximum Gasteiger partial charge on any atom is 0.336 e. The Morgan fingerprint density at radius 3 is 1.50 bits per heavy atom. The van der Waals surface area contributed by atoms with Crippen LogP contribution in [0.15, 0.2) is 47.6 Å². The molecule has 1 atom stereocenters. The topological polar surface area (TPSA) is 57.5 Å². The molecule has 0 bridgehead atoms. The molecule has 0 aromatic heterocycles. The minimum absolute atomic E-state index is 0.278. The summed E-state index contributed by atoms with van der Waals surface area (Å²) in [7, 11) is 0. The Balaban J connectivity index is 3.41. The monoisotopic (exact) mass is 440 g/mol. The smallest absolute Gasteiger partial charge is 0.336 e. The second-order valence-electron chi connectivity index (χ2n) is 13.5. The summed E-state index contributed by atoms with van der Waals surface area (Å²) in [6, 6.07) is 9.77. The summed E-state index contributed by atoms with van der Waals surface area (Å²) in [6.07, 6.45) is 1.77. The molecule has 0 spiro atoms. The zero-order valence-corrected chi connectivity index (χ0v) is 22.3. The fraction of sp³-hybridized carbons (Fsp3) is 0.621. The third-order valence-electron chi connectivity index (χ3n) is 7.30. The Labute approximate surface area is 195 Å². The third-order valence-corrected chi connectivity index (χ3v) is 7.30. The molecule has 3 heteroatoms. The quantitative estimate of drug-likeness (QED) is 0.505. The van der Waals surface area contributed by atoms with Crippen LogP contribution >= 0.6 is 0 Å². The van der Waals surface area contributed by atoms with Crippen molar-refractivity contribution in [1.29, 1.82) is 0 Å². The van der Waals surface area contributed by atoms with Gasteiger partial charge >= 0.3 is 5.97 Å². The van der Waals surface area contributed by atoms with Crippen molar-refractivity contribution >= 4 is 11.5 Å². The van der Waals surface area contributed by atoms with Gasteiger partial charge in [0.05, 0.1) is 5.57 Å². The van der Waals surface area contributed by atoms with Gasteiger partial charge in [-0.3, -0.25) is 0 Å². The maximum absolute atomic E-state index is 13.2. The highest BCUT2D eigenvalue weighted by molar-refractivity contribution is 6.02. The van der Waals surface area contributed by atoms with Crippen LogP contribution in [0.2, 0.25) is 0 Å². The van der Waals surface area contributed by atoms with Gasteiger partial charge in [-0.25, -0.2) is 4.79 Å². The molecule has 0 aliphatic heterocycles. The summed E-state index contributed by atoms with van der Waals surface area (Å²) in [6.45, 7) is 25.3. The van der Waals surface area contributed by atoms with E-state index in [4.69, 9.17) is 0 Å². The summed E-state index contributed by atoms with van der Waals surface area (Å²) in [5.74, 6) is -0.959. The molecule has 1 unspecified atom stereocenters. The lowest BCUT2D eigenvalue weighted by atomic mass is 9.36. The van der Waals surface area contributed by atoms with Gasteiger partial charge in [0, 0.05) is 5.41 Å². The number of aliphatic carboxylic acids is 1. The first-order valence-electron chi connectivity index (χ1n) is 11.6. The lowest BCUT2D eigenvalue weighted by Gasteiger charge is -2.69. The summed E-state index contributed by atoms with van der Waals surface area (Å²) < 4.78 is 0. The first-order chi connectivity index (χ1) is 14.2. The Morgan fingerprint density at radius 1 is 0.750 bits per heavy atom. The minimum atomic E-state index is -1.32. The van der Waals surface area contributed by atoms with Gasteiger partial charge in [-0.1, -0.05) is 113 Å². The number of hydrogen-bond donors (Lipinski definition) is 2. The van der Waals surface area contributed by atoms with E-state index in [2.05, 4.69) is 83.1 Å². The van der Waals surface area contributed by atoms with Crippen molar-refractivity contribution in [2.24, 2.45) is 27.1 Å². The van der Waals surface area contributed by atoms with Gasteiger partial charge in [-0.15, -0.1) is 0 Å². The van der Waals surface area contributed by atoms with E-state index in [1.54, 1.807) is 6.08 Å². The van der Waals surface area contributed by atoms with Crippen LogP contribution in [0.4, 0.5) is 0 Å². The molecule has 2 N–H and O–H groups in total. The normalized spacial score (nSPS) is 22.6. The highest BCUT2D eigenvalue weighted by Gasteiger charge is 2.72. The van der Waals surface area contributed by atoms with E-state index in [1.165, 1.54) is 0 Å². The lowest BCUT2D eigenvalue weighted by Crippen LogP contribution is -2.70. The lowest BCUT2D eigenvalue weighted by molar-refractivity contribution is -0.195. The van der Waals surface area contributed by atoms with Crippen molar-refractivity contribution in [3.05, 3.63) is 53.1 Å². The molecule has 0 amide bonds. The van der Waals surface area contributed by atoms with Crippen LogP contribution < -0.4 is 0 Å². The summed E-state index contributed by atoms with van der Waals surface area (Å²) in [4.78, 5) is 12.8. The SMILES string of the molecule is CC(C)(C)C1=CC(C(=O)O)=C(c2ccccc2)C(C(C)(C)C)(C(C)(C)C)C1(O)C(C)(C)C. The largest absolute Gasteiger partial charge is 0.478 e. The second-order valence-corrected chi connectivity index (χ2v) is 13.5. The highest BCUT2D eigenvalue weighted by Crippen LogP contribution is 2.73. The number of carboxylic acids is 1. The Kier molecular flexibility index (Phi) is 6.25. The van der Waals surface area contributed by atoms with Crippen LogP contribution in [0.3, 0.4) is 0 Å². The number of carboxylic acid groups (broad SMARTS) is 1. The molecule has 2 rings (SSSR count). The van der Waals surface area contributed by atoms with Crippen molar-refractivity contribution in [3.8, 4) is 0 Å². The zero-order valence-electron chi connectivity index (χ0n) is 22.3. The van der Waals surface area contributed by atoms with Gasteiger partial charge in [0.1, 0.15) is 5.60 Å². The van der Waals surface area contributed by atoms with Crippen LogP contribution in [-0.2, 0) is 4.79 Å². The predicted octanol–water partition coefficient (Wildman–Crippen LogP) is 7.37. The van der Waals surface area contributed by atoms with Crippen molar-refractivity contribution < 1.29 is 15.0 Å². The third kappa shape index (κ3) is 3.57. The fourth-order valence-corrected chi connectivity index (χ4v) is 6.74. The van der Waals surface area contributed by atoms with Gasteiger partial charge in [0.15, 0.2) is 0 Å². The van der Waals surface area contributed by atoms with E-state index < -0.39 is 38.6 Å². The van der Waals surface area contributed by atoms with Crippen molar-refractivity contribution in [2.75, 3.05) is 0 Å². The second kappa shape index (κ2) is 7.58. The van der Waals surface area contributed by atoms with E-state index in [0.29, 0.717) is 0 Å². The van der Waals surface area contributed by atoms with Crippen LogP contribution in [0.25, 0.3) is 5.57 Å². The molecule has 0 saturated heterocycles. The van der Waals surface area contributed by atoms with Crippen LogP contribution in [0, 0.1) is 27.1 Å². The van der Waals surface area contributed by atoms with Gasteiger partial charge in [-0.2, -0.15) is 0 Å². The Morgan fingerprint density at radius 2 is 1.19 bits per heavy atom. The number of aliphatic hydroxyl groups is 1. The molecule has 3 nitrogen and oxygen atoms in total. The van der Waals surface area contributed by atoms with E-state index in [9.17, 15) is 15.0 Å². The van der Waals surface area contributed by atoms with Crippen molar-refractivity contribution in [1.82, 2.24) is 0 Å². The molecule has 0 fully saturated rings. The Bertz CT molecular complexity index is 921. The maximum atomic E-state index is 13.2. The molecule has 1 aromatic carbocycles. The number of benzene rings is 1. The molecule has 32 heavy (non-hydrogen) atoms. The van der Waals surface area contributed by atoms with Gasteiger partial charge in [0.2, 0.25) is 0 Å². The first kappa shape index (κ1) is 26.4. The van der Waals surface area contributed by atoms with Gasteiger partial charge in [-0.05, 0) is 44.4 Å². The fourth-order valence-electron chi connectivity index (χ4n) is 6.74. The summed E-state index contributed by atoms with van der Waals surface area (Å²) >= 11 is 0. The standard InChI is InChI=1S/C29H44O3/c1-24(2,3)21-18-20(23(30)31)22(19-16-14-13-15-17-19)28(25(4,5)6,26(7,8)9)29(21,32)27(10,11)12/h13-18,32H,1-12H3,(H,30,31). The Hall–Kier alpha value is -1.87. The molecule has 0 heterocycles. The summed E-state index contributed by atoms with van der Waals surface area (Å²) in [5, 5.41) is 23.7. The molecule has 178 valence electrons. The number of rotatable bonds is 2. The van der Waals surface area contributed by atoms with Crippen LogP contribution in [0.5, 0.6) is 0 Å². The highest BCUT2D eigenvalue weighted by atomic mass is 16.4. The molecular formula is C29H44O3. The molecule has 1 aliphatic carbocycles. The van der Waals surface area contributed by atoms with E-state index >= 15 is 0 Å².